The highest BCUT2D eigenvalue weighted by atomic mass is 16.5. The van der Waals surface area contributed by atoms with Crippen LogP contribution in [0.4, 0.5) is 4.79 Å². The number of nitrogens with one attached hydrogen (secondary N) is 1. The number of amides is 1. The number of carboxylic acids is 1. The number of hydrogen-bond donors (Lipinski definition) is 3. The Morgan fingerprint density at radius 1 is 1.17 bits per heavy atom. The third-order valence-electron chi connectivity index (χ3n) is 3.53. The van der Waals surface area contributed by atoms with Crippen LogP contribution in [0.5, 0.6) is 0 Å². The van der Waals surface area contributed by atoms with Gasteiger partial charge in [0.2, 0.25) is 0 Å². The molecule has 0 aliphatic rings. The normalized spacial score (nSPS) is 13.1. The van der Waals surface area contributed by atoms with Crippen molar-refractivity contribution in [3.05, 3.63) is 35.9 Å². The SMILES string of the molecule is CC[C@H](O)[C@@H](NC(=O)OCCCCCc1ccccc1)C(=O)O. The van der Waals surface area contributed by atoms with Crippen LogP contribution in [-0.2, 0) is 16.0 Å². The molecule has 0 saturated heterocycles. The summed E-state index contributed by atoms with van der Waals surface area (Å²) in [5.41, 5.74) is 1.28. The van der Waals surface area contributed by atoms with Crippen molar-refractivity contribution in [3.8, 4) is 0 Å². The molecule has 1 rings (SSSR count). The molecule has 0 saturated carbocycles. The van der Waals surface area contributed by atoms with Crippen molar-refractivity contribution in [2.75, 3.05) is 6.61 Å². The molecule has 0 fully saturated rings. The van der Waals surface area contributed by atoms with Gasteiger partial charge in [-0.05, 0) is 37.7 Å². The number of carbonyl (C=O) groups excluding carboxylic acids is 1. The number of ether oxygens (including phenoxy) is 1. The third kappa shape index (κ3) is 7.65. The molecule has 1 amide bonds. The lowest BCUT2D eigenvalue weighted by atomic mass is 10.1. The molecule has 128 valence electrons. The summed E-state index contributed by atoms with van der Waals surface area (Å²) in [5, 5.41) is 20.7. The van der Waals surface area contributed by atoms with Gasteiger partial charge in [-0.1, -0.05) is 37.3 Å². The van der Waals surface area contributed by atoms with Crippen LogP contribution in [0, 0.1) is 0 Å². The average Bonchev–Trinajstić information content (AvgIpc) is 2.55. The predicted molar refractivity (Wildman–Crippen MR) is 86.2 cm³/mol. The van der Waals surface area contributed by atoms with E-state index in [0.29, 0.717) is 6.42 Å². The van der Waals surface area contributed by atoms with Gasteiger partial charge in [-0.25, -0.2) is 9.59 Å². The summed E-state index contributed by atoms with van der Waals surface area (Å²) in [7, 11) is 0. The maximum Gasteiger partial charge on any atom is 0.407 e. The number of unbranched alkanes of at least 4 members (excludes halogenated alkanes) is 2. The summed E-state index contributed by atoms with van der Waals surface area (Å²) in [6, 6.07) is 8.81. The molecular formula is C17H25NO5. The Labute approximate surface area is 136 Å². The number of aryl methyl sites for hydroxylation is 1. The topological polar surface area (TPSA) is 95.9 Å². The monoisotopic (exact) mass is 323 g/mol. The van der Waals surface area contributed by atoms with Gasteiger partial charge in [0, 0.05) is 0 Å². The summed E-state index contributed by atoms with van der Waals surface area (Å²) in [6.45, 7) is 1.87. The Hall–Kier alpha value is -2.08. The van der Waals surface area contributed by atoms with Crippen molar-refractivity contribution in [2.24, 2.45) is 0 Å². The van der Waals surface area contributed by atoms with Crippen molar-refractivity contribution in [2.45, 2.75) is 51.2 Å². The van der Waals surface area contributed by atoms with Crippen molar-refractivity contribution in [1.82, 2.24) is 5.32 Å². The third-order valence-corrected chi connectivity index (χ3v) is 3.53. The number of alkyl carbamates (subject to hydrolysis) is 1. The molecule has 1 aromatic rings. The van der Waals surface area contributed by atoms with Crippen molar-refractivity contribution < 1.29 is 24.5 Å². The lowest BCUT2D eigenvalue weighted by Gasteiger charge is -2.18. The Morgan fingerprint density at radius 2 is 1.87 bits per heavy atom. The van der Waals surface area contributed by atoms with Gasteiger partial charge in [0.15, 0.2) is 6.04 Å². The highest BCUT2D eigenvalue weighted by Gasteiger charge is 2.27. The van der Waals surface area contributed by atoms with E-state index in [2.05, 4.69) is 17.4 Å². The van der Waals surface area contributed by atoms with E-state index in [-0.39, 0.29) is 13.0 Å². The molecule has 0 aliphatic heterocycles. The highest BCUT2D eigenvalue weighted by Crippen LogP contribution is 2.06. The van der Waals surface area contributed by atoms with Crippen molar-refractivity contribution in [3.63, 3.8) is 0 Å². The van der Waals surface area contributed by atoms with Gasteiger partial charge in [-0.3, -0.25) is 0 Å². The number of benzene rings is 1. The van der Waals surface area contributed by atoms with E-state index in [1.807, 2.05) is 18.2 Å². The fourth-order valence-corrected chi connectivity index (χ4v) is 2.14. The number of aliphatic hydroxyl groups is 1. The lowest BCUT2D eigenvalue weighted by Crippen LogP contribution is -2.48. The van der Waals surface area contributed by atoms with Gasteiger partial charge in [0.1, 0.15) is 0 Å². The molecule has 6 heteroatoms. The van der Waals surface area contributed by atoms with Crippen LogP contribution in [-0.4, -0.2) is 41.0 Å². The molecule has 23 heavy (non-hydrogen) atoms. The van der Waals surface area contributed by atoms with Crippen LogP contribution >= 0.6 is 0 Å². The van der Waals surface area contributed by atoms with Crippen LogP contribution < -0.4 is 5.32 Å². The van der Waals surface area contributed by atoms with Gasteiger partial charge in [0.05, 0.1) is 12.7 Å². The van der Waals surface area contributed by atoms with Crippen LogP contribution in [0.2, 0.25) is 0 Å². The van der Waals surface area contributed by atoms with Crippen LogP contribution in [0.15, 0.2) is 30.3 Å². The van der Waals surface area contributed by atoms with Gasteiger partial charge in [-0.15, -0.1) is 0 Å². The van der Waals surface area contributed by atoms with E-state index in [0.717, 1.165) is 19.3 Å². The van der Waals surface area contributed by atoms with E-state index in [1.165, 1.54) is 5.56 Å². The first kappa shape index (κ1) is 19.0. The lowest BCUT2D eigenvalue weighted by molar-refractivity contribution is -0.142. The van der Waals surface area contributed by atoms with Crippen molar-refractivity contribution >= 4 is 12.1 Å². The molecule has 0 bridgehead atoms. The smallest absolute Gasteiger partial charge is 0.407 e. The van der Waals surface area contributed by atoms with Crippen LogP contribution in [0.3, 0.4) is 0 Å². The summed E-state index contributed by atoms with van der Waals surface area (Å²) in [4.78, 5) is 22.5. The molecular weight excluding hydrogens is 298 g/mol. The second kappa shape index (κ2) is 10.6. The minimum Gasteiger partial charge on any atom is -0.480 e. The molecule has 1 aromatic carbocycles. The Morgan fingerprint density at radius 3 is 2.48 bits per heavy atom. The van der Waals surface area contributed by atoms with E-state index < -0.39 is 24.2 Å². The number of carbonyl (C=O) groups is 2. The van der Waals surface area contributed by atoms with E-state index in [9.17, 15) is 14.7 Å². The van der Waals surface area contributed by atoms with E-state index in [1.54, 1.807) is 6.92 Å². The summed E-state index contributed by atoms with van der Waals surface area (Å²) in [6.07, 6.45) is 1.91. The summed E-state index contributed by atoms with van der Waals surface area (Å²) >= 11 is 0. The fourth-order valence-electron chi connectivity index (χ4n) is 2.14. The Bertz CT molecular complexity index is 477. The first-order valence-electron chi connectivity index (χ1n) is 7.92. The van der Waals surface area contributed by atoms with Gasteiger partial charge in [-0.2, -0.15) is 0 Å². The minimum absolute atomic E-state index is 0.231. The number of rotatable bonds is 10. The van der Waals surface area contributed by atoms with Gasteiger partial charge in [0.25, 0.3) is 0 Å². The molecule has 0 heterocycles. The molecule has 6 nitrogen and oxygen atoms in total. The standard InChI is InChI=1S/C17H25NO5/c1-2-14(19)15(16(20)21)18-17(22)23-12-8-4-7-11-13-9-5-3-6-10-13/h3,5-6,9-10,14-15,19H,2,4,7-8,11-12H2,1H3,(H,18,22)(H,20,21)/t14-,15+/m0/s1. The zero-order valence-corrected chi connectivity index (χ0v) is 13.4. The summed E-state index contributed by atoms with van der Waals surface area (Å²) < 4.78 is 4.95. The number of carboxylic acid groups (broad SMARTS) is 1. The Kier molecular flexibility index (Phi) is 8.75. The van der Waals surface area contributed by atoms with E-state index >= 15 is 0 Å². The number of hydrogen-bond acceptors (Lipinski definition) is 4. The average molecular weight is 323 g/mol. The fraction of sp³-hybridized carbons (Fsp3) is 0.529. The van der Waals surface area contributed by atoms with E-state index in [4.69, 9.17) is 9.84 Å². The summed E-state index contributed by atoms with van der Waals surface area (Å²) in [5.74, 6) is -1.28. The quantitative estimate of drug-likeness (QED) is 0.574. The maximum absolute atomic E-state index is 11.5. The zero-order chi connectivity index (χ0) is 17.1. The molecule has 0 unspecified atom stereocenters. The van der Waals surface area contributed by atoms with Gasteiger partial charge >= 0.3 is 12.1 Å². The second-order valence-corrected chi connectivity index (χ2v) is 5.37. The highest BCUT2D eigenvalue weighted by molar-refractivity contribution is 5.80. The molecule has 0 aliphatic carbocycles. The van der Waals surface area contributed by atoms with Crippen LogP contribution in [0.25, 0.3) is 0 Å². The first-order valence-corrected chi connectivity index (χ1v) is 7.92. The number of aliphatic hydroxyl groups excluding tert-OH is 1. The van der Waals surface area contributed by atoms with Crippen LogP contribution in [0.1, 0.15) is 38.2 Å². The Balaban J connectivity index is 2.15. The molecule has 0 spiro atoms. The molecule has 0 radical (unpaired) electrons. The second-order valence-electron chi connectivity index (χ2n) is 5.37. The largest absolute Gasteiger partial charge is 0.480 e. The minimum atomic E-state index is -1.34. The zero-order valence-electron chi connectivity index (χ0n) is 13.4. The first-order chi connectivity index (χ1) is 11.0. The van der Waals surface area contributed by atoms with Gasteiger partial charge < -0.3 is 20.3 Å². The number of aliphatic carboxylic acids is 1. The molecule has 0 aromatic heterocycles. The molecule has 3 N–H and O–H groups in total. The molecule has 2 atom stereocenters. The maximum atomic E-state index is 11.5. The predicted octanol–water partition coefficient (Wildman–Crippen LogP) is 2.35. The van der Waals surface area contributed by atoms with Crippen molar-refractivity contribution in [1.29, 1.82) is 0 Å².